The molecule has 0 bridgehead atoms. The number of primary amides is 1. The predicted octanol–water partition coefficient (Wildman–Crippen LogP) is 2.91. The van der Waals surface area contributed by atoms with E-state index in [1.165, 1.54) is 11.1 Å². The first-order chi connectivity index (χ1) is 15.9. The summed E-state index contributed by atoms with van der Waals surface area (Å²) in [5.74, 6) is 0.667. The highest BCUT2D eigenvalue weighted by Gasteiger charge is 2.44. The summed E-state index contributed by atoms with van der Waals surface area (Å²) in [4.78, 5) is 29.7. The normalized spacial score (nSPS) is 23.3. The summed E-state index contributed by atoms with van der Waals surface area (Å²) in [6, 6.07) is 12.0. The Labute approximate surface area is 200 Å². The van der Waals surface area contributed by atoms with Crippen LogP contribution in [0.3, 0.4) is 0 Å². The lowest BCUT2D eigenvalue weighted by Gasteiger charge is -2.30. The number of amides is 2. The highest BCUT2D eigenvalue weighted by Crippen LogP contribution is 2.38. The number of hydrogen-bond donors (Lipinski definition) is 2. The summed E-state index contributed by atoms with van der Waals surface area (Å²) >= 11 is 6.38. The van der Waals surface area contributed by atoms with Crippen molar-refractivity contribution in [2.75, 3.05) is 32.7 Å². The highest BCUT2D eigenvalue weighted by atomic mass is 35.5. The molecule has 6 nitrogen and oxygen atoms in total. The zero-order valence-electron chi connectivity index (χ0n) is 19.0. The van der Waals surface area contributed by atoms with Gasteiger partial charge in [-0.2, -0.15) is 0 Å². The molecule has 0 spiro atoms. The number of halogens is 1. The summed E-state index contributed by atoms with van der Waals surface area (Å²) in [6.45, 7) is 6.97. The minimum atomic E-state index is -0.311. The van der Waals surface area contributed by atoms with E-state index in [1.54, 1.807) is 0 Å². The minimum absolute atomic E-state index is 0.0796. The molecule has 7 heteroatoms. The molecule has 2 aromatic rings. The quantitative estimate of drug-likeness (QED) is 0.710. The monoisotopic (exact) mass is 466 g/mol. The Kier molecular flexibility index (Phi) is 6.16. The van der Waals surface area contributed by atoms with Gasteiger partial charge in [-0.05, 0) is 66.1 Å². The van der Waals surface area contributed by atoms with Gasteiger partial charge in [-0.25, -0.2) is 0 Å². The third-order valence-electron chi connectivity index (χ3n) is 7.59. The number of nitrogens with one attached hydrogen (secondary N) is 1. The summed E-state index contributed by atoms with van der Waals surface area (Å²) < 4.78 is 0. The van der Waals surface area contributed by atoms with E-state index >= 15 is 0 Å². The van der Waals surface area contributed by atoms with E-state index in [0.717, 1.165) is 62.4 Å². The third-order valence-corrected chi connectivity index (χ3v) is 8.00. The molecular weight excluding hydrogens is 436 g/mol. The van der Waals surface area contributed by atoms with E-state index in [2.05, 4.69) is 16.3 Å². The van der Waals surface area contributed by atoms with Crippen molar-refractivity contribution in [2.45, 2.75) is 32.4 Å². The second-order valence-electron chi connectivity index (χ2n) is 9.75. The predicted molar refractivity (Wildman–Crippen MR) is 129 cm³/mol. The maximum absolute atomic E-state index is 13.4. The zero-order valence-corrected chi connectivity index (χ0v) is 19.8. The summed E-state index contributed by atoms with van der Waals surface area (Å²) in [7, 11) is 0. The third kappa shape index (κ3) is 4.39. The number of nitrogens with zero attached hydrogens (tertiary/aromatic N) is 2. The summed E-state index contributed by atoms with van der Waals surface area (Å²) in [6.07, 6.45) is 1.17. The van der Waals surface area contributed by atoms with Gasteiger partial charge in [-0.3, -0.25) is 14.5 Å². The van der Waals surface area contributed by atoms with Gasteiger partial charge in [-0.1, -0.05) is 35.9 Å². The van der Waals surface area contributed by atoms with Gasteiger partial charge < -0.3 is 16.0 Å². The van der Waals surface area contributed by atoms with Gasteiger partial charge in [0, 0.05) is 55.8 Å². The van der Waals surface area contributed by atoms with Crippen molar-refractivity contribution in [3.05, 3.63) is 69.2 Å². The van der Waals surface area contributed by atoms with Crippen LogP contribution in [0.5, 0.6) is 0 Å². The average molecular weight is 467 g/mol. The molecule has 174 valence electrons. The van der Waals surface area contributed by atoms with Crippen LogP contribution >= 0.6 is 11.6 Å². The zero-order chi connectivity index (χ0) is 23.1. The molecule has 5 rings (SSSR count). The van der Waals surface area contributed by atoms with Crippen LogP contribution < -0.4 is 11.1 Å². The maximum atomic E-state index is 13.4. The van der Waals surface area contributed by atoms with Gasteiger partial charge in [0.15, 0.2) is 0 Å². The molecule has 3 unspecified atom stereocenters. The number of aryl methyl sites for hydroxylation is 1. The molecule has 0 aliphatic carbocycles. The SMILES string of the molecule is Cc1ccc(C(CC(N)=O)N2CC3CN(C(=O)c4cccc5c4CCNC5)CC3C2)cc1Cl. The second-order valence-corrected chi connectivity index (χ2v) is 10.2. The van der Waals surface area contributed by atoms with Crippen molar-refractivity contribution in [2.24, 2.45) is 17.6 Å². The Balaban J connectivity index is 1.30. The number of hydrogen-bond acceptors (Lipinski definition) is 4. The first-order valence-electron chi connectivity index (χ1n) is 11.8. The van der Waals surface area contributed by atoms with Crippen LogP contribution in [-0.2, 0) is 17.8 Å². The molecule has 2 fully saturated rings. The first-order valence-corrected chi connectivity index (χ1v) is 12.2. The van der Waals surface area contributed by atoms with E-state index < -0.39 is 0 Å². The largest absolute Gasteiger partial charge is 0.370 e. The molecule has 3 atom stereocenters. The lowest BCUT2D eigenvalue weighted by atomic mass is 9.95. The van der Waals surface area contributed by atoms with Gasteiger partial charge in [0.2, 0.25) is 5.91 Å². The molecular formula is C26H31ClN4O2. The van der Waals surface area contributed by atoms with E-state index in [0.29, 0.717) is 16.9 Å². The van der Waals surface area contributed by atoms with Gasteiger partial charge in [0.1, 0.15) is 0 Å². The molecule has 0 saturated carbocycles. The van der Waals surface area contributed by atoms with Crippen LogP contribution in [0, 0.1) is 18.8 Å². The number of carbonyl (C=O) groups is 2. The van der Waals surface area contributed by atoms with Crippen molar-refractivity contribution in [1.29, 1.82) is 0 Å². The minimum Gasteiger partial charge on any atom is -0.370 e. The smallest absolute Gasteiger partial charge is 0.254 e. The number of likely N-dealkylation sites (tertiary alicyclic amines) is 2. The number of carbonyl (C=O) groups excluding carboxylic acids is 2. The van der Waals surface area contributed by atoms with Crippen molar-refractivity contribution < 1.29 is 9.59 Å². The molecule has 3 aliphatic rings. The fourth-order valence-electron chi connectivity index (χ4n) is 5.82. The molecule has 0 radical (unpaired) electrons. The molecule has 3 aliphatic heterocycles. The van der Waals surface area contributed by atoms with Gasteiger partial charge in [0.25, 0.3) is 5.91 Å². The molecule has 3 N–H and O–H groups in total. The summed E-state index contributed by atoms with van der Waals surface area (Å²) in [5.41, 5.74) is 11.0. The molecule has 33 heavy (non-hydrogen) atoms. The Bertz CT molecular complexity index is 1070. The van der Waals surface area contributed by atoms with Crippen LogP contribution in [0.4, 0.5) is 0 Å². The van der Waals surface area contributed by atoms with Gasteiger partial charge in [0.05, 0.1) is 0 Å². The molecule has 2 amide bonds. The van der Waals surface area contributed by atoms with Crippen LogP contribution in [0.25, 0.3) is 0 Å². The standard InChI is InChI=1S/C26H31ClN4O2/c1-16-5-6-17(9-23(16)27)24(10-25(28)32)30-12-19-14-31(15-20(19)13-30)26(33)22-4-2-3-18-11-29-8-7-21(18)22/h2-6,9,19-20,24,29H,7-8,10-15H2,1H3,(H2,28,32). The highest BCUT2D eigenvalue weighted by molar-refractivity contribution is 6.31. The van der Waals surface area contributed by atoms with Crippen LogP contribution in [-0.4, -0.2) is 54.3 Å². The number of rotatable bonds is 5. The maximum Gasteiger partial charge on any atom is 0.254 e. The number of benzene rings is 2. The van der Waals surface area contributed by atoms with Gasteiger partial charge >= 0.3 is 0 Å². The number of fused-ring (bicyclic) bond motifs is 2. The van der Waals surface area contributed by atoms with Crippen molar-refractivity contribution in [3.63, 3.8) is 0 Å². The average Bonchev–Trinajstić information content (AvgIpc) is 3.38. The fourth-order valence-corrected chi connectivity index (χ4v) is 6.01. The van der Waals surface area contributed by atoms with Crippen LogP contribution in [0.1, 0.15) is 45.1 Å². The van der Waals surface area contributed by atoms with Crippen molar-refractivity contribution >= 4 is 23.4 Å². The Morgan fingerprint density at radius 3 is 2.61 bits per heavy atom. The Morgan fingerprint density at radius 1 is 1.15 bits per heavy atom. The van der Waals surface area contributed by atoms with Crippen LogP contribution in [0.2, 0.25) is 5.02 Å². The van der Waals surface area contributed by atoms with Crippen molar-refractivity contribution in [1.82, 2.24) is 15.1 Å². The van der Waals surface area contributed by atoms with E-state index in [-0.39, 0.29) is 24.3 Å². The Hall–Kier alpha value is -2.41. The lowest BCUT2D eigenvalue weighted by molar-refractivity contribution is -0.119. The Morgan fingerprint density at radius 2 is 1.91 bits per heavy atom. The fraction of sp³-hybridized carbons (Fsp3) is 0.462. The van der Waals surface area contributed by atoms with E-state index in [9.17, 15) is 9.59 Å². The molecule has 3 heterocycles. The van der Waals surface area contributed by atoms with Crippen LogP contribution in [0.15, 0.2) is 36.4 Å². The molecule has 2 aromatic carbocycles. The topological polar surface area (TPSA) is 78.7 Å². The van der Waals surface area contributed by atoms with Gasteiger partial charge in [-0.15, -0.1) is 0 Å². The molecule has 2 saturated heterocycles. The lowest BCUT2D eigenvalue weighted by Crippen LogP contribution is -2.36. The van der Waals surface area contributed by atoms with Crippen molar-refractivity contribution in [3.8, 4) is 0 Å². The second kappa shape index (κ2) is 9.09. The van der Waals surface area contributed by atoms with E-state index in [1.807, 2.05) is 42.2 Å². The molecule has 0 aromatic heterocycles. The van der Waals surface area contributed by atoms with E-state index in [4.69, 9.17) is 17.3 Å². The first kappa shape index (κ1) is 22.4. The summed E-state index contributed by atoms with van der Waals surface area (Å²) in [5, 5.41) is 4.09. The number of nitrogens with two attached hydrogens (primary N) is 1.